The van der Waals surface area contributed by atoms with Crippen LogP contribution in [0.1, 0.15) is 44.9 Å². The summed E-state index contributed by atoms with van der Waals surface area (Å²) in [6.45, 7) is 23.4. The zero-order chi connectivity index (χ0) is 84.0. The average Bonchev–Trinajstić information content (AvgIpc) is 0.643. The summed E-state index contributed by atoms with van der Waals surface area (Å²) in [4.78, 5) is 130. The van der Waals surface area contributed by atoms with Crippen LogP contribution >= 0.6 is 0 Å². The molecule has 0 spiro atoms. The van der Waals surface area contributed by atoms with Crippen LogP contribution in [0.2, 0.25) is 0 Å². The van der Waals surface area contributed by atoms with Crippen molar-refractivity contribution in [1.29, 1.82) is 0 Å². The maximum Gasteiger partial charge on any atom is 0.367 e. The van der Waals surface area contributed by atoms with Crippen molar-refractivity contribution in [3.05, 3.63) is 139 Å². The molecule has 0 saturated heterocycles. The van der Waals surface area contributed by atoms with Crippen LogP contribution in [0, 0.1) is 0 Å². The second-order valence-corrected chi connectivity index (χ2v) is 23.6. The molecule has 0 aromatic rings. The summed E-state index contributed by atoms with van der Waals surface area (Å²) >= 11 is 0. The van der Waals surface area contributed by atoms with Crippen LogP contribution < -0.4 is 0 Å². The number of halogens is 27. The van der Waals surface area contributed by atoms with Gasteiger partial charge >= 0.3 is 142 Å². The number of esters is 11. The molecule has 6 bridgehead atoms. The Kier molecular flexibility index (Phi) is 29.5. The van der Waals surface area contributed by atoms with Gasteiger partial charge < -0.3 is 52.1 Å². The highest BCUT2D eigenvalue weighted by molar-refractivity contribution is 5.87. The molecule has 12 unspecified atom stereocenters. The SMILES string of the molecule is C=CC(=O)OC1(CF)CC2(OC(=O)C=C)CC(F)(OC(=O)C=C)C(F)(F)C(OC(=O)C=C)(C1)C2(F)F.C=CC(=O)OC1(F)CC2(OC(=O)C=C)CC(CF)(OC(=O)C=C)C(F)(F)C(OC(=O)C=C)(C1(F)F)C2(F)F.C=CC(=O)OC1(F)CC2(OC(=O)C=C)CC(F)(CF)C(F)(F)C(OC(=O)C=C)(C1(F)F)C2(F)F.F.F.F.F. The predicted octanol–water partition coefficient (Wildman–Crippen LogP) is 11.0. The molecule has 6 fully saturated rings. The summed E-state index contributed by atoms with van der Waals surface area (Å²) in [7, 11) is 0. The largest absolute Gasteiger partial charge is 0.453 e. The minimum absolute atomic E-state index is 0. The molecular formula is C63H57F27O22. The third-order valence-corrected chi connectivity index (χ3v) is 17.4. The molecule has 0 aromatic heterocycles. The topological polar surface area (TPSA) is 289 Å². The van der Waals surface area contributed by atoms with Crippen LogP contribution in [0.4, 0.5) is 120 Å². The first-order valence-electron chi connectivity index (χ1n) is 29.0. The standard InChI is InChI=1S/C22H18F8O8.C22H20F6O8.C19H15F9O6.4FH/c1-5-12(31)35-16-9-17(11-23,36-13(32)6-2)21(27,28)19(20(16,25)26,38-15(34)8-4)22(29,30)18(24,10-16)37-14(33)7-3;1-5-13(29)33-17(12-23)9-18(34-14(30)6-2)11-20(24,36-16(32)8-4)22(27,28)19(10-17,21(18,25)26)35-15(31)7-3;1-4-10(29)32-14-7-13(21,9-20)17(23,24)16(18(14,25)26,34-12(31)6-3)19(27,28)15(22,8-14)33-11(30)5-2;;;;/h5-8H,1-4,9-11H2;5-8H,1-4,9-12H2;4-6H,1-3,7-9H2;4*1H. The van der Waals surface area contributed by atoms with E-state index < -0.39 is 246 Å². The number of alkyl halides is 23. The zero-order valence-electron chi connectivity index (χ0n) is 56.0. The normalized spacial score (nSPS) is 33.6. The number of hydrogen-bond donors (Lipinski definition) is 0. The fourth-order valence-electron chi connectivity index (χ4n) is 12.8. The maximum absolute atomic E-state index is 16.1. The third-order valence-electron chi connectivity index (χ3n) is 17.4. The number of fused-ring (bicyclic) bond motifs is 6. The summed E-state index contributed by atoms with van der Waals surface area (Å²) in [5.41, 5.74) is -42.3. The lowest BCUT2D eigenvalue weighted by Gasteiger charge is -2.65. The zero-order valence-corrected chi connectivity index (χ0v) is 56.0. The van der Waals surface area contributed by atoms with Gasteiger partial charge in [0.25, 0.3) is 5.60 Å². The fraction of sp³-hybridized carbons (Fsp3) is 0.476. The van der Waals surface area contributed by atoms with Crippen LogP contribution in [-0.2, 0) is 105 Å². The highest BCUT2D eigenvalue weighted by Crippen LogP contribution is 2.77. The van der Waals surface area contributed by atoms with Crippen molar-refractivity contribution in [2.75, 3.05) is 20.0 Å². The summed E-state index contributed by atoms with van der Waals surface area (Å²) < 4.78 is 403. The molecule has 630 valence electrons. The highest BCUT2D eigenvalue weighted by Gasteiger charge is 3.05. The Morgan fingerprint density at radius 1 is 0.241 bits per heavy atom. The van der Waals surface area contributed by atoms with Crippen molar-refractivity contribution < 1.29 is 225 Å². The molecule has 112 heavy (non-hydrogen) atoms. The molecule has 6 aliphatic carbocycles. The van der Waals surface area contributed by atoms with Gasteiger partial charge in [0.2, 0.25) is 11.3 Å². The van der Waals surface area contributed by atoms with Gasteiger partial charge in [-0.25, -0.2) is 70.3 Å². The smallest absolute Gasteiger partial charge is 0.367 e. The number of hydrogen-bond acceptors (Lipinski definition) is 22. The van der Waals surface area contributed by atoms with Crippen molar-refractivity contribution >= 4 is 65.7 Å². The molecule has 0 N–H and O–H groups in total. The number of rotatable bonds is 25. The molecule has 49 heteroatoms. The van der Waals surface area contributed by atoms with Crippen molar-refractivity contribution in [3.63, 3.8) is 0 Å². The molecule has 6 rings (SSSR count). The van der Waals surface area contributed by atoms with Gasteiger partial charge in [0, 0.05) is 92.5 Å². The summed E-state index contributed by atoms with van der Waals surface area (Å²) in [6.07, 6.45) is -15.2. The predicted molar refractivity (Wildman–Crippen MR) is 316 cm³/mol. The van der Waals surface area contributed by atoms with E-state index in [0.717, 1.165) is 0 Å². The van der Waals surface area contributed by atoms with Gasteiger partial charge in [-0.1, -0.05) is 72.4 Å². The second-order valence-electron chi connectivity index (χ2n) is 23.6. The molecule has 0 aliphatic heterocycles. The lowest BCUT2D eigenvalue weighted by molar-refractivity contribution is -0.502. The van der Waals surface area contributed by atoms with Gasteiger partial charge in [-0.2, -0.15) is 83.4 Å². The molecule has 6 aliphatic rings. The maximum atomic E-state index is 16.1. The molecule has 0 amide bonds. The van der Waals surface area contributed by atoms with Gasteiger partial charge in [0.15, 0.2) is 16.8 Å². The summed E-state index contributed by atoms with van der Waals surface area (Å²) in [5, 5.41) is 0. The van der Waals surface area contributed by atoms with Crippen LogP contribution in [0.15, 0.2) is 139 Å². The minimum atomic E-state index is -6.50. The molecule has 0 aromatic carbocycles. The Hall–Kier alpha value is -10.6. The summed E-state index contributed by atoms with van der Waals surface area (Å²) in [5.74, 6) is -86.1. The fourth-order valence-corrected chi connectivity index (χ4v) is 12.8. The Morgan fingerprint density at radius 3 is 0.804 bits per heavy atom. The van der Waals surface area contributed by atoms with E-state index in [1.807, 2.05) is 0 Å². The van der Waals surface area contributed by atoms with Crippen LogP contribution in [0.5, 0.6) is 0 Å². The number of carbonyl (C=O) groups is 11. The van der Waals surface area contributed by atoms with Crippen LogP contribution in [-0.4, -0.2) is 201 Å². The van der Waals surface area contributed by atoms with E-state index in [0.29, 0.717) is 12.2 Å². The molecule has 12 atom stereocenters. The Balaban J connectivity index is 0.00000162. The Morgan fingerprint density at radius 2 is 0.500 bits per heavy atom. The van der Waals surface area contributed by atoms with E-state index >= 15 is 87.8 Å². The van der Waals surface area contributed by atoms with E-state index in [1.165, 1.54) is 0 Å². The van der Waals surface area contributed by atoms with Gasteiger partial charge in [0.05, 0.1) is 19.3 Å². The van der Waals surface area contributed by atoms with Crippen molar-refractivity contribution in [2.45, 2.75) is 160 Å². The van der Waals surface area contributed by atoms with E-state index in [2.05, 4.69) is 120 Å². The van der Waals surface area contributed by atoms with E-state index in [4.69, 9.17) is 4.74 Å². The quantitative estimate of drug-likeness (QED) is 0.0355. The lowest BCUT2D eigenvalue weighted by atomic mass is 9.53. The monoisotopic (exact) mass is 1680 g/mol. The average molecular weight is 1680 g/mol. The molecule has 0 radical (unpaired) electrons. The van der Waals surface area contributed by atoms with Crippen molar-refractivity contribution in [2.24, 2.45) is 0 Å². The van der Waals surface area contributed by atoms with E-state index in [1.54, 1.807) is 0 Å². The van der Waals surface area contributed by atoms with Gasteiger partial charge in [0.1, 0.15) is 25.6 Å². The van der Waals surface area contributed by atoms with E-state index in [9.17, 15) is 65.9 Å². The third kappa shape index (κ3) is 14.1. The van der Waals surface area contributed by atoms with Gasteiger partial charge in [-0.15, -0.1) is 0 Å². The van der Waals surface area contributed by atoms with Crippen molar-refractivity contribution in [1.82, 2.24) is 0 Å². The summed E-state index contributed by atoms with van der Waals surface area (Å²) in [6, 6.07) is 0. The Bertz CT molecular complexity index is 3830. The second kappa shape index (κ2) is 32.6. The highest BCUT2D eigenvalue weighted by atomic mass is 19.3. The molecule has 0 heterocycles. The Labute approximate surface area is 609 Å². The first kappa shape index (κ1) is 101. The molecular weight excluding hydrogens is 1620 g/mol. The first-order valence-corrected chi connectivity index (χ1v) is 29.0. The minimum Gasteiger partial charge on any atom is -0.453 e. The molecule has 22 nitrogen and oxygen atoms in total. The lowest BCUT2D eigenvalue weighted by Crippen LogP contribution is -2.93. The van der Waals surface area contributed by atoms with Crippen molar-refractivity contribution in [3.8, 4) is 0 Å². The van der Waals surface area contributed by atoms with Gasteiger partial charge in [-0.3, -0.25) is 18.8 Å². The van der Waals surface area contributed by atoms with Crippen LogP contribution in [0.3, 0.4) is 0 Å². The van der Waals surface area contributed by atoms with Gasteiger partial charge in [-0.05, 0) is 0 Å². The van der Waals surface area contributed by atoms with E-state index in [-0.39, 0.29) is 73.5 Å². The number of carbonyl (C=O) groups excluding carboxylic acids is 11. The van der Waals surface area contributed by atoms with Crippen LogP contribution in [0.25, 0.3) is 0 Å². The molecule has 6 saturated carbocycles. The number of ether oxygens (including phenoxy) is 11. The first-order chi connectivity index (χ1) is 49.1.